The lowest BCUT2D eigenvalue weighted by Crippen LogP contribution is -2.47. The second-order valence-electron chi connectivity index (χ2n) is 4.60. The van der Waals surface area contributed by atoms with Gasteiger partial charge in [-0.3, -0.25) is 9.59 Å². The minimum atomic E-state index is -0.109. The topological polar surface area (TPSA) is 61.4 Å². The number of carbonyl (C=O) groups excluding carboxylic acids is 2. The minimum absolute atomic E-state index is 0.0563. The summed E-state index contributed by atoms with van der Waals surface area (Å²) in [5.41, 5.74) is 0. The van der Waals surface area contributed by atoms with Crippen LogP contribution in [0.5, 0.6) is 0 Å². The van der Waals surface area contributed by atoms with Crippen LogP contribution in [-0.4, -0.2) is 49.9 Å². The van der Waals surface area contributed by atoms with Crippen molar-refractivity contribution in [2.75, 3.05) is 33.2 Å². The fourth-order valence-corrected chi connectivity index (χ4v) is 2.21. The molecule has 0 radical (unpaired) electrons. The Balaban J connectivity index is 2.61. The van der Waals surface area contributed by atoms with Gasteiger partial charge < -0.3 is 15.5 Å². The Kier molecular flexibility index (Phi) is 5.41. The SMILES string of the molecule is CCN(CC(=O)NC)C(=O)C1CCNCC1C. The van der Waals surface area contributed by atoms with Crippen LogP contribution in [-0.2, 0) is 9.59 Å². The fraction of sp³-hybridized carbons (Fsp3) is 0.833. The third-order valence-electron chi connectivity index (χ3n) is 3.41. The number of rotatable bonds is 4. The van der Waals surface area contributed by atoms with Crippen molar-refractivity contribution in [3.8, 4) is 0 Å². The van der Waals surface area contributed by atoms with Gasteiger partial charge in [0.15, 0.2) is 0 Å². The highest BCUT2D eigenvalue weighted by molar-refractivity contribution is 5.86. The standard InChI is InChI=1S/C12H23N3O2/c1-4-15(8-11(16)13-3)12(17)10-5-6-14-7-9(10)2/h9-10,14H,4-8H2,1-3H3,(H,13,16). The van der Waals surface area contributed by atoms with E-state index in [1.54, 1.807) is 11.9 Å². The highest BCUT2D eigenvalue weighted by atomic mass is 16.2. The zero-order chi connectivity index (χ0) is 12.8. The van der Waals surface area contributed by atoms with Crippen LogP contribution in [0.2, 0.25) is 0 Å². The van der Waals surface area contributed by atoms with E-state index in [0.29, 0.717) is 12.5 Å². The van der Waals surface area contributed by atoms with Crippen LogP contribution in [0.25, 0.3) is 0 Å². The third-order valence-corrected chi connectivity index (χ3v) is 3.41. The van der Waals surface area contributed by atoms with E-state index < -0.39 is 0 Å². The van der Waals surface area contributed by atoms with Crippen LogP contribution in [0.4, 0.5) is 0 Å². The molecule has 0 aromatic rings. The summed E-state index contributed by atoms with van der Waals surface area (Å²) in [7, 11) is 1.59. The van der Waals surface area contributed by atoms with E-state index in [9.17, 15) is 9.59 Å². The minimum Gasteiger partial charge on any atom is -0.358 e. The average molecular weight is 241 g/mol. The molecule has 1 aliphatic rings. The Hall–Kier alpha value is -1.10. The van der Waals surface area contributed by atoms with Gasteiger partial charge in [0.2, 0.25) is 11.8 Å². The van der Waals surface area contributed by atoms with Gasteiger partial charge in [0, 0.05) is 19.5 Å². The van der Waals surface area contributed by atoms with Gasteiger partial charge in [0.05, 0.1) is 6.54 Å². The molecule has 0 saturated carbocycles. The molecule has 2 amide bonds. The lowest BCUT2D eigenvalue weighted by Gasteiger charge is -2.32. The van der Waals surface area contributed by atoms with Gasteiger partial charge in [-0.15, -0.1) is 0 Å². The monoisotopic (exact) mass is 241 g/mol. The molecule has 2 N–H and O–H groups in total. The molecule has 2 atom stereocenters. The lowest BCUT2D eigenvalue weighted by atomic mass is 9.86. The molecule has 0 spiro atoms. The summed E-state index contributed by atoms with van der Waals surface area (Å²) in [6, 6.07) is 0. The summed E-state index contributed by atoms with van der Waals surface area (Å²) >= 11 is 0. The van der Waals surface area contributed by atoms with Crippen molar-refractivity contribution < 1.29 is 9.59 Å². The average Bonchev–Trinajstić information content (AvgIpc) is 2.35. The lowest BCUT2D eigenvalue weighted by molar-refractivity contribution is -0.141. The highest BCUT2D eigenvalue weighted by Crippen LogP contribution is 2.21. The van der Waals surface area contributed by atoms with E-state index in [1.807, 2.05) is 6.92 Å². The second-order valence-corrected chi connectivity index (χ2v) is 4.60. The highest BCUT2D eigenvalue weighted by Gasteiger charge is 2.31. The van der Waals surface area contributed by atoms with Crippen LogP contribution in [0.15, 0.2) is 0 Å². The van der Waals surface area contributed by atoms with Crippen molar-refractivity contribution in [3.05, 3.63) is 0 Å². The molecular formula is C12H23N3O2. The zero-order valence-electron chi connectivity index (χ0n) is 11.0. The quantitative estimate of drug-likeness (QED) is 0.718. The number of hydrogen-bond donors (Lipinski definition) is 2. The van der Waals surface area contributed by atoms with E-state index in [0.717, 1.165) is 19.5 Å². The first-order chi connectivity index (χ1) is 8.10. The molecule has 5 heteroatoms. The van der Waals surface area contributed by atoms with E-state index in [4.69, 9.17) is 0 Å². The number of piperidine rings is 1. The van der Waals surface area contributed by atoms with Gasteiger partial charge in [-0.25, -0.2) is 0 Å². The summed E-state index contributed by atoms with van der Waals surface area (Å²) in [6.45, 7) is 6.52. The maximum absolute atomic E-state index is 12.3. The molecule has 98 valence electrons. The van der Waals surface area contributed by atoms with E-state index in [2.05, 4.69) is 17.6 Å². The first-order valence-corrected chi connectivity index (χ1v) is 6.30. The molecule has 0 aromatic carbocycles. The molecule has 0 bridgehead atoms. The van der Waals surface area contributed by atoms with Gasteiger partial charge in [-0.2, -0.15) is 0 Å². The largest absolute Gasteiger partial charge is 0.358 e. The normalized spacial score (nSPS) is 24.2. The summed E-state index contributed by atoms with van der Waals surface area (Å²) in [4.78, 5) is 25.3. The first-order valence-electron chi connectivity index (χ1n) is 6.30. The van der Waals surface area contributed by atoms with Crippen molar-refractivity contribution in [3.63, 3.8) is 0 Å². The number of hydrogen-bond acceptors (Lipinski definition) is 3. The van der Waals surface area contributed by atoms with Gasteiger partial charge >= 0.3 is 0 Å². The second kappa shape index (κ2) is 6.59. The number of nitrogens with one attached hydrogen (secondary N) is 2. The molecule has 1 rings (SSSR count). The van der Waals surface area contributed by atoms with E-state index in [1.165, 1.54) is 0 Å². The van der Waals surface area contributed by atoms with Crippen molar-refractivity contribution in [1.82, 2.24) is 15.5 Å². The number of amides is 2. The summed E-state index contributed by atoms with van der Waals surface area (Å²) in [6.07, 6.45) is 0.865. The summed E-state index contributed by atoms with van der Waals surface area (Å²) in [5, 5.41) is 5.83. The van der Waals surface area contributed by atoms with Crippen molar-refractivity contribution in [2.45, 2.75) is 20.3 Å². The fourth-order valence-electron chi connectivity index (χ4n) is 2.21. The maximum Gasteiger partial charge on any atom is 0.239 e. The molecule has 0 aliphatic carbocycles. The van der Waals surface area contributed by atoms with Gasteiger partial charge in [-0.1, -0.05) is 6.92 Å². The molecule has 1 aliphatic heterocycles. The van der Waals surface area contributed by atoms with Crippen LogP contribution >= 0.6 is 0 Å². The molecule has 17 heavy (non-hydrogen) atoms. The van der Waals surface area contributed by atoms with E-state index >= 15 is 0 Å². The molecule has 2 unspecified atom stereocenters. The van der Waals surface area contributed by atoms with Crippen molar-refractivity contribution >= 4 is 11.8 Å². The zero-order valence-corrected chi connectivity index (χ0v) is 11.0. The van der Waals surface area contributed by atoms with E-state index in [-0.39, 0.29) is 24.3 Å². The van der Waals surface area contributed by atoms with Crippen LogP contribution < -0.4 is 10.6 Å². The molecule has 5 nitrogen and oxygen atoms in total. The number of nitrogens with zero attached hydrogens (tertiary/aromatic N) is 1. The first kappa shape index (κ1) is 14.0. The molecule has 0 aromatic heterocycles. The smallest absolute Gasteiger partial charge is 0.239 e. The van der Waals surface area contributed by atoms with Crippen LogP contribution in [0.3, 0.4) is 0 Å². The summed E-state index contributed by atoms with van der Waals surface area (Å²) in [5.74, 6) is 0.405. The predicted molar refractivity (Wildman–Crippen MR) is 66.5 cm³/mol. The third kappa shape index (κ3) is 3.70. The van der Waals surface area contributed by atoms with Crippen LogP contribution in [0.1, 0.15) is 20.3 Å². The van der Waals surface area contributed by atoms with Crippen molar-refractivity contribution in [2.24, 2.45) is 11.8 Å². The van der Waals surface area contributed by atoms with Gasteiger partial charge in [0.1, 0.15) is 0 Å². The van der Waals surface area contributed by atoms with Gasteiger partial charge in [-0.05, 0) is 32.4 Å². The van der Waals surface area contributed by atoms with Crippen molar-refractivity contribution in [1.29, 1.82) is 0 Å². The Morgan fingerprint density at radius 1 is 1.47 bits per heavy atom. The molecule has 1 saturated heterocycles. The predicted octanol–water partition coefficient (Wildman–Crippen LogP) is -0.173. The maximum atomic E-state index is 12.3. The molecule has 1 heterocycles. The summed E-state index contributed by atoms with van der Waals surface area (Å²) < 4.78 is 0. The Morgan fingerprint density at radius 3 is 2.71 bits per heavy atom. The number of carbonyl (C=O) groups is 2. The molecule has 1 fully saturated rings. The van der Waals surface area contributed by atoms with Gasteiger partial charge in [0.25, 0.3) is 0 Å². The Labute approximate surface area is 103 Å². The Morgan fingerprint density at radius 2 is 2.18 bits per heavy atom. The number of likely N-dealkylation sites (N-methyl/N-ethyl adjacent to an activating group) is 2. The molecular weight excluding hydrogens is 218 g/mol. The Bertz CT molecular complexity index is 281. The van der Waals surface area contributed by atoms with Crippen LogP contribution in [0, 0.1) is 11.8 Å².